The summed E-state index contributed by atoms with van der Waals surface area (Å²) in [6, 6.07) is 8.05. The zero-order valence-corrected chi connectivity index (χ0v) is 13.0. The molecule has 0 saturated heterocycles. The first-order valence-electron chi connectivity index (χ1n) is 6.24. The molecule has 1 heterocycles. The van der Waals surface area contributed by atoms with Gasteiger partial charge in [-0.3, -0.25) is 4.79 Å². The predicted molar refractivity (Wildman–Crippen MR) is 81.2 cm³/mol. The van der Waals surface area contributed by atoms with Crippen molar-refractivity contribution in [3.63, 3.8) is 0 Å². The summed E-state index contributed by atoms with van der Waals surface area (Å²) < 4.78 is 13.2. The van der Waals surface area contributed by atoms with Crippen molar-refractivity contribution in [2.24, 2.45) is 0 Å². The van der Waals surface area contributed by atoms with Gasteiger partial charge in [-0.15, -0.1) is 0 Å². The Kier molecular flexibility index (Phi) is 4.80. The second-order valence-corrected chi connectivity index (χ2v) is 5.43. The molecule has 0 saturated carbocycles. The molecule has 6 heteroatoms. The Labute approximate surface area is 132 Å². The van der Waals surface area contributed by atoms with Crippen molar-refractivity contribution in [2.45, 2.75) is 13.0 Å². The van der Waals surface area contributed by atoms with E-state index in [1.165, 1.54) is 4.90 Å². The Morgan fingerprint density at radius 2 is 2.05 bits per heavy atom. The molecule has 1 aromatic carbocycles. The van der Waals surface area contributed by atoms with Crippen molar-refractivity contribution in [1.82, 2.24) is 9.88 Å². The molecule has 1 unspecified atom stereocenters. The van der Waals surface area contributed by atoms with E-state index in [9.17, 15) is 9.18 Å². The lowest BCUT2D eigenvalue weighted by Gasteiger charge is -2.25. The maximum absolute atomic E-state index is 13.2. The van der Waals surface area contributed by atoms with Crippen molar-refractivity contribution in [3.8, 4) is 0 Å². The number of hydrogen-bond acceptors (Lipinski definition) is 2. The zero-order valence-electron chi connectivity index (χ0n) is 11.5. The molecular weight excluding hydrogens is 314 g/mol. The molecule has 0 aliphatic carbocycles. The third-order valence-corrected chi connectivity index (χ3v) is 3.80. The van der Waals surface area contributed by atoms with Crippen LogP contribution in [0.4, 0.5) is 4.39 Å². The number of hydrogen-bond donors (Lipinski definition) is 0. The summed E-state index contributed by atoms with van der Waals surface area (Å²) in [6.07, 6.45) is 0.972. The normalized spacial score (nSPS) is 12.0. The molecule has 0 radical (unpaired) electrons. The Morgan fingerprint density at radius 1 is 1.33 bits per heavy atom. The lowest BCUT2D eigenvalue weighted by molar-refractivity contribution is 0.0742. The van der Waals surface area contributed by atoms with Gasteiger partial charge in [-0.05, 0) is 30.7 Å². The van der Waals surface area contributed by atoms with E-state index in [-0.39, 0.29) is 16.8 Å². The second-order valence-electron chi connectivity index (χ2n) is 4.64. The minimum Gasteiger partial charge on any atom is -0.335 e. The average Bonchev–Trinajstić information content (AvgIpc) is 2.47. The van der Waals surface area contributed by atoms with E-state index >= 15 is 0 Å². The fourth-order valence-corrected chi connectivity index (χ4v) is 2.31. The summed E-state index contributed by atoms with van der Waals surface area (Å²) in [7, 11) is 1.62. The number of rotatable bonds is 3. The van der Waals surface area contributed by atoms with E-state index in [2.05, 4.69) is 4.98 Å². The Bertz CT molecular complexity index is 678. The van der Waals surface area contributed by atoms with Crippen LogP contribution in [-0.4, -0.2) is 22.8 Å². The fourth-order valence-electron chi connectivity index (χ4n) is 1.93. The number of amides is 1. The van der Waals surface area contributed by atoms with E-state index in [1.54, 1.807) is 19.2 Å². The van der Waals surface area contributed by atoms with Gasteiger partial charge in [0.25, 0.3) is 5.91 Å². The predicted octanol–water partition coefficient (Wildman–Crippen LogP) is 4.36. The molecule has 0 bridgehead atoms. The van der Waals surface area contributed by atoms with Gasteiger partial charge in [0.1, 0.15) is 11.0 Å². The highest BCUT2D eigenvalue weighted by Gasteiger charge is 2.22. The first-order chi connectivity index (χ1) is 9.90. The first-order valence-corrected chi connectivity index (χ1v) is 6.99. The summed E-state index contributed by atoms with van der Waals surface area (Å²) in [4.78, 5) is 17.5. The van der Waals surface area contributed by atoms with Gasteiger partial charge in [-0.2, -0.15) is 0 Å². The molecule has 0 N–H and O–H groups in total. The zero-order chi connectivity index (χ0) is 15.6. The van der Waals surface area contributed by atoms with Crippen molar-refractivity contribution in [3.05, 3.63) is 63.6 Å². The van der Waals surface area contributed by atoms with E-state index in [4.69, 9.17) is 23.2 Å². The van der Waals surface area contributed by atoms with Gasteiger partial charge in [0, 0.05) is 12.1 Å². The van der Waals surface area contributed by atoms with Crippen LogP contribution in [0.5, 0.6) is 0 Å². The minimum absolute atomic E-state index is 0.0217. The number of nitrogens with zero attached hydrogens (tertiary/aromatic N) is 2. The summed E-state index contributed by atoms with van der Waals surface area (Å²) in [6.45, 7) is 1.85. The van der Waals surface area contributed by atoms with Gasteiger partial charge in [0.15, 0.2) is 0 Å². The summed E-state index contributed by atoms with van der Waals surface area (Å²) in [5.41, 5.74) is 0.909. The van der Waals surface area contributed by atoms with Crippen LogP contribution in [0.2, 0.25) is 10.2 Å². The standard InChI is InChI=1S/C15H13Cl2FN2O/c1-9(10-4-3-5-11(16)6-10)20(2)15(21)13-7-12(18)8-19-14(13)17/h3-9H,1-2H3. The number of aromatic nitrogens is 1. The van der Waals surface area contributed by atoms with Crippen LogP contribution in [0.1, 0.15) is 28.9 Å². The highest BCUT2D eigenvalue weighted by molar-refractivity contribution is 6.32. The third-order valence-electron chi connectivity index (χ3n) is 3.27. The van der Waals surface area contributed by atoms with E-state index in [1.807, 2.05) is 19.1 Å². The first kappa shape index (κ1) is 15.7. The van der Waals surface area contributed by atoms with E-state index < -0.39 is 11.7 Å². The number of pyridine rings is 1. The van der Waals surface area contributed by atoms with E-state index in [0.717, 1.165) is 17.8 Å². The van der Waals surface area contributed by atoms with Crippen molar-refractivity contribution in [2.75, 3.05) is 7.05 Å². The van der Waals surface area contributed by atoms with Crippen molar-refractivity contribution >= 4 is 29.1 Å². The molecule has 1 atom stereocenters. The molecule has 2 rings (SSSR count). The quantitative estimate of drug-likeness (QED) is 0.785. The fraction of sp³-hybridized carbons (Fsp3) is 0.200. The molecule has 3 nitrogen and oxygen atoms in total. The summed E-state index contributed by atoms with van der Waals surface area (Å²) >= 11 is 11.8. The van der Waals surface area contributed by atoms with Crippen LogP contribution in [0.15, 0.2) is 36.5 Å². The highest BCUT2D eigenvalue weighted by Crippen LogP contribution is 2.25. The third kappa shape index (κ3) is 3.52. The summed E-state index contributed by atoms with van der Waals surface area (Å²) in [5.74, 6) is -1.01. The van der Waals surface area contributed by atoms with Gasteiger partial charge in [-0.1, -0.05) is 35.3 Å². The van der Waals surface area contributed by atoms with Gasteiger partial charge >= 0.3 is 0 Å². The van der Waals surface area contributed by atoms with E-state index in [0.29, 0.717) is 5.02 Å². The molecule has 0 aliphatic rings. The van der Waals surface area contributed by atoms with Gasteiger partial charge in [-0.25, -0.2) is 9.37 Å². The summed E-state index contributed by atoms with van der Waals surface area (Å²) in [5, 5.41) is 0.567. The van der Waals surface area contributed by atoms with Crippen LogP contribution in [-0.2, 0) is 0 Å². The second kappa shape index (κ2) is 6.41. The lowest BCUT2D eigenvalue weighted by atomic mass is 10.1. The van der Waals surface area contributed by atoms with Gasteiger partial charge in [0.2, 0.25) is 0 Å². The van der Waals surface area contributed by atoms with Crippen LogP contribution in [0.3, 0.4) is 0 Å². The van der Waals surface area contributed by atoms with Crippen LogP contribution >= 0.6 is 23.2 Å². The largest absolute Gasteiger partial charge is 0.335 e. The molecule has 2 aromatic rings. The molecule has 21 heavy (non-hydrogen) atoms. The van der Waals surface area contributed by atoms with Gasteiger partial charge in [0.05, 0.1) is 17.8 Å². The van der Waals surface area contributed by atoms with Crippen molar-refractivity contribution < 1.29 is 9.18 Å². The van der Waals surface area contributed by atoms with Crippen LogP contribution in [0.25, 0.3) is 0 Å². The minimum atomic E-state index is -0.605. The Morgan fingerprint density at radius 3 is 2.71 bits per heavy atom. The maximum atomic E-state index is 13.2. The molecular formula is C15H13Cl2FN2O. The molecule has 110 valence electrons. The molecule has 0 fully saturated rings. The number of benzene rings is 1. The molecule has 0 spiro atoms. The number of carbonyl (C=O) groups is 1. The van der Waals surface area contributed by atoms with Crippen LogP contribution < -0.4 is 0 Å². The molecule has 0 aliphatic heterocycles. The highest BCUT2D eigenvalue weighted by atomic mass is 35.5. The molecule has 1 aromatic heterocycles. The number of carbonyl (C=O) groups excluding carboxylic acids is 1. The lowest BCUT2D eigenvalue weighted by Crippen LogP contribution is -2.30. The Hall–Kier alpha value is -1.65. The maximum Gasteiger partial charge on any atom is 0.257 e. The molecule has 1 amide bonds. The van der Waals surface area contributed by atoms with Crippen LogP contribution in [0, 0.1) is 5.82 Å². The van der Waals surface area contributed by atoms with Crippen molar-refractivity contribution in [1.29, 1.82) is 0 Å². The smallest absolute Gasteiger partial charge is 0.257 e. The monoisotopic (exact) mass is 326 g/mol. The average molecular weight is 327 g/mol. The Balaban J connectivity index is 2.28. The topological polar surface area (TPSA) is 33.2 Å². The van der Waals surface area contributed by atoms with Gasteiger partial charge < -0.3 is 4.90 Å². The SMILES string of the molecule is CC(c1cccc(Cl)c1)N(C)C(=O)c1cc(F)cnc1Cl. The number of halogens is 3.